The van der Waals surface area contributed by atoms with Gasteiger partial charge in [0.25, 0.3) is 0 Å². The van der Waals surface area contributed by atoms with Crippen molar-refractivity contribution in [3.8, 4) is 5.75 Å². The van der Waals surface area contributed by atoms with Gasteiger partial charge in [0.2, 0.25) is 0 Å². The summed E-state index contributed by atoms with van der Waals surface area (Å²) in [7, 11) is 0. The molecule has 5 heteroatoms. The Hall–Kier alpha value is -2.24. The molecule has 1 heterocycles. The summed E-state index contributed by atoms with van der Waals surface area (Å²) in [4.78, 5) is 12.3. The minimum atomic E-state index is -0.372. The minimum absolute atomic E-state index is 0.0220. The Kier molecular flexibility index (Phi) is 4.41. The average molecular weight is 316 g/mol. The first-order chi connectivity index (χ1) is 11.1. The molecule has 2 aromatic rings. The van der Waals surface area contributed by atoms with Gasteiger partial charge in [-0.1, -0.05) is 0 Å². The van der Waals surface area contributed by atoms with Crippen LogP contribution < -0.4 is 4.74 Å². The fourth-order valence-corrected chi connectivity index (χ4v) is 2.32. The molecular formula is C18H17FO4. The zero-order valence-electron chi connectivity index (χ0n) is 12.5. The van der Waals surface area contributed by atoms with Crippen molar-refractivity contribution in [3.63, 3.8) is 0 Å². The molecule has 1 saturated heterocycles. The normalized spacial score (nSPS) is 15.7. The second-order valence-electron chi connectivity index (χ2n) is 5.80. The SMILES string of the molecule is O=C(c1ccc(F)cc1)c1ccc(OCC2(CO)COC2)cc1. The van der Waals surface area contributed by atoms with Crippen LogP contribution in [0, 0.1) is 11.2 Å². The van der Waals surface area contributed by atoms with Crippen LogP contribution in [0.25, 0.3) is 0 Å². The molecular weight excluding hydrogens is 299 g/mol. The highest BCUT2D eigenvalue weighted by molar-refractivity contribution is 6.08. The van der Waals surface area contributed by atoms with Crippen molar-refractivity contribution in [1.29, 1.82) is 0 Å². The fourth-order valence-electron chi connectivity index (χ4n) is 2.32. The Balaban J connectivity index is 1.64. The number of rotatable bonds is 6. The van der Waals surface area contributed by atoms with Crippen LogP contribution in [0.15, 0.2) is 48.5 Å². The molecule has 0 aliphatic carbocycles. The van der Waals surface area contributed by atoms with Crippen molar-refractivity contribution in [2.24, 2.45) is 5.41 Å². The molecule has 1 aliphatic heterocycles. The average Bonchev–Trinajstić information content (AvgIpc) is 2.55. The van der Waals surface area contributed by atoms with E-state index in [1.54, 1.807) is 24.3 Å². The van der Waals surface area contributed by atoms with Gasteiger partial charge >= 0.3 is 0 Å². The van der Waals surface area contributed by atoms with E-state index >= 15 is 0 Å². The summed E-state index contributed by atoms with van der Waals surface area (Å²) in [6.07, 6.45) is 0. The quantitative estimate of drug-likeness (QED) is 0.832. The van der Waals surface area contributed by atoms with Gasteiger partial charge in [-0.05, 0) is 48.5 Å². The molecule has 1 aliphatic rings. The number of carbonyl (C=O) groups is 1. The summed E-state index contributed by atoms with van der Waals surface area (Å²) >= 11 is 0. The highest BCUT2D eigenvalue weighted by Gasteiger charge is 2.39. The van der Waals surface area contributed by atoms with Gasteiger partial charge in [0.1, 0.15) is 18.2 Å². The number of halogens is 1. The monoisotopic (exact) mass is 316 g/mol. The van der Waals surface area contributed by atoms with Gasteiger partial charge in [-0.25, -0.2) is 4.39 Å². The lowest BCUT2D eigenvalue weighted by Gasteiger charge is -2.39. The molecule has 23 heavy (non-hydrogen) atoms. The van der Waals surface area contributed by atoms with Crippen LogP contribution in [0.3, 0.4) is 0 Å². The number of benzene rings is 2. The lowest BCUT2D eigenvalue weighted by Crippen LogP contribution is -2.49. The van der Waals surface area contributed by atoms with Crippen LogP contribution in [0.2, 0.25) is 0 Å². The molecule has 0 aromatic heterocycles. The summed E-state index contributed by atoms with van der Waals surface area (Å²) in [6.45, 7) is 1.37. The molecule has 0 radical (unpaired) electrons. The third-order valence-corrected chi connectivity index (χ3v) is 3.92. The van der Waals surface area contributed by atoms with E-state index in [0.717, 1.165) is 0 Å². The molecule has 0 amide bonds. The van der Waals surface area contributed by atoms with Gasteiger partial charge < -0.3 is 14.6 Å². The Bertz CT molecular complexity index is 670. The van der Waals surface area contributed by atoms with E-state index in [2.05, 4.69) is 0 Å². The second kappa shape index (κ2) is 6.48. The highest BCUT2D eigenvalue weighted by atomic mass is 19.1. The lowest BCUT2D eigenvalue weighted by atomic mass is 9.88. The highest BCUT2D eigenvalue weighted by Crippen LogP contribution is 2.28. The van der Waals surface area contributed by atoms with Crippen molar-refractivity contribution in [3.05, 3.63) is 65.5 Å². The summed E-state index contributed by atoms with van der Waals surface area (Å²) in [5.41, 5.74) is 0.626. The predicted octanol–water partition coefficient (Wildman–Crippen LogP) is 2.44. The molecule has 0 atom stereocenters. The van der Waals surface area contributed by atoms with Gasteiger partial charge in [-0.2, -0.15) is 0 Å². The van der Waals surface area contributed by atoms with Gasteiger partial charge in [0.15, 0.2) is 5.78 Å². The van der Waals surface area contributed by atoms with E-state index in [1.807, 2.05) is 0 Å². The standard InChI is InChI=1S/C18H17FO4/c19-15-5-1-13(2-6-15)17(21)14-3-7-16(8-4-14)23-12-18(9-20)10-22-11-18/h1-8,20H,9-12H2. The molecule has 0 unspecified atom stereocenters. The van der Waals surface area contributed by atoms with E-state index in [0.29, 0.717) is 36.7 Å². The number of carbonyl (C=O) groups excluding carboxylic acids is 1. The fraction of sp³-hybridized carbons (Fsp3) is 0.278. The molecule has 1 fully saturated rings. The smallest absolute Gasteiger partial charge is 0.193 e. The third-order valence-electron chi connectivity index (χ3n) is 3.92. The molecule has 0 spiro atoms. The van der Waals surface area contributed by atoms with Gasteiger partial charge in [0.05, 0.1) is 25.2 Å². The topological polar surface area (TPSA) is 55.8 Å². The maximum Gasteiger partial charge on any atom is 0.193 e. The zero-order valence-corrected chi connectivity index (χ0v) is 12.5. The van der Waals surface area contributed by atoms with Crippen LogP contribution in [0.5, 0.6) is 5.75 Å². The summed E-state index contributed by atoms with van der Waals surface area (Å²) < 4.78 is 23.7. The minimum Gasteiger partial charge on any atom is -0.493 e. The van der Waals surface area contributed by atoms with Gasteiger partial charge in [-0.3, -0.25) is 4.79 Å². The molecule has 0 saturated carbocycles. The summed E-state index contributed by atoms with van der Waals surface area (Å²) in [6, 6.07) is 12.2. The predicted molar refractivity (Wildman–Crippen MR) is 82.1 cm³/mol. The zero-order chi connectivity index (χ0) is 16.3. The van der Waals surface area contributed by atoms with E-state index in [1.165, 1.54) is 24.3 Å². The second-order valence-corrected chi connectivity index (χ2v) is 5.80. The van der Waals surface area contributed by atoms with Crippen LogP contribution >= 0.6 is 0 Å². The number of hydrogen-bond acceptors (Lipinski definition) is 4. The maximum absolute atomic E-state index is 12.9. The van der Waals surface area contributed by atoms with Crippen molar-refractivity contribution in [2.75, 3.05) is 26.4 Å². The molecule has 3 rings (SSSR count). The Morgan fingerprint density at radius 1 is 1.09 bits per heavy atom. The first-order valence-corrected chi connectivity index (χ1v) is 7.34. The number of aliphatic hydroxyl groups is 1. The number of ketones is 1. The van der Waals surface area contributed by atoms with Crippen molar-refractivity contribution >= 4 is 5.78 Å². The largest absolute Gasteiger partial charge is 0.493 e. The van der Waals surface area contributed by atoms with E-state index in [-0.39, 0.29) is 23.6 Å². The lowest BCUT2D eigenvalue weighted by molar-refractivity contribution is -0.153. The first-order valence-electron chi connectivity index (χ1n) is 7.34. The third kappa shape index (κ3) is 3.41. The summed E-state index contributed by atoms with van der Waals surface area (Å²) in [5.74, 6) is 0.0826. The van der Waals surface area contributed by atoms with Crippen molar-refractivity contribution in [1.82, 2.24) is 0 Å². The van der Waals surface area contributed by atoms with Crippen LogP contribution in [0.1, 0.15) is 15.9 Å². The van der Waals surface area contributed by atoms with Gasteiger partial charge in [-0.15, -0.1) is 0 Å². The molecule has 2 aromatic carbocycles. The number of aliphatic hydroxyl groups excluding tert-OH is 1. The molecule has 120 valence electrons. The van der Waals surface area contributed by atoms with Crippen molar-refractivity contribution in [2.45, 2.75) is 0 Å². The molecule has 0 bridgehead atoms. The van der Waals surface area contributed by atoms with E-state index in [9.17, 15) is 14.3 Å². The molecule has 1 N–H and O–H groups in total. The molecule has 4 nitrogen and oxygen atoms in total. The summed E-state index contributed by atoms with van der Waals surface area (Å²) in [5, 5.41) is 9.35. The van der Waals surface area contributed by atoms with Gasteiger partial charge in [0, 0.05) is 11.1 Å². The Morgan fingerprint density at radius 3 is 2.13 bits per heavy atom. The van der Waals surface area contributed by atoms with Crippen LogP contribution in [-0.4, -0.2) is 37.3 Å². The first kappa shape index (κ1) is 15.6. The maximum atomic E-state index is 12.9. The Labute approximate surface area is 133 Å². The van der Waals surface area contributed by atoms with E-state index in [4.69, 9.17) is 9.47 Å². The van der Waals surface area contributed by atoms with Crippen molar-refractivity contribution < 1.29 is 23.8 Å². The van der Waals surface area contributed by atoms with Crippen LogP contribution in [-0.2, 0) is 4.74 Å². The number of ether oxygens (including phenoxy) is 2. The number of hydrogen-bond donors (Lipinski definition) is 1. The van der Waals surface area contributed by atoms with Crippen LogP contribution in [0.4, 0.5) is 4.39 Å². The Morgan fingerprint density at radius 2 is 1.65 bits per heavy atom. The van der Waals surface area contributed by atoms with E-state index < -0.39 is 0 Å².